The first-order valence-electron chi connectivity index (χ1n) is 23.1. The van der Waals surface area contributed by atoms with Gasteiger partial charge >= 0.3 is 8.25 Å². The Hall–Kier alpha value is -4.27. The van der Waals surface area contributed by atoms with Crippen LogP contribution in [0.15, 0.2) is 109 Å². The number of ether oxygens (including phenoxy) is 1. The van der Waals surface area contributed by atoms with Gasteiger partial charge in [0.15, 0.2) is 31.5 Å². The molecule has 2 aromatic heterocycles. The van der Waals surface area contributed by atoms with Gasteiger partial charge in [-0.15, -0.1) is 9.27 Å². The SMILES string of the molecule is CC(C)(C)[Si](C)(C)OC1[C@H](n2cnc3c(NC(=O)c4ccccc4)ncnc32)O[C@H](CO[Si](c2ccccc2)(c2ccccc2)C(C)(C)C)C1(O)O[PH](=O)O[N+]12CCCCCC1=NCCC2. The minimum absolute atomic E-state index is 0.00963. The maximum atomic E-state index is 14.9. The van der Waals surface area contributed by atoms with Gasteiger partial charge < -0.3 is 24.0 Å². The van der Waals surface area contributed by atoms with E-state index in [1.165, 1.54) is 12.7 Å². The molecule has 5 heterocycles. The smallest absolute Gasteiger partial charge is 0.374 e. The van der Waals surface area contributed by atoms with E-state index in [-0.39, 0.29) is 28.0 Å². The van der Waals surface area contributed by atoms with Crippen molar-refractivity contribution >= 4 is 64.0 Å². The van der Waals surface area contributed by atoms with Gasteiger partial charge in [0.1, 0.15) is 31.6 Å². The lowest BCUT2D eigenvalue weighted by atomic mass is 10.1. The summed E-state index contributed by atoms with van der Waals surface area (Å²) in [6.45, 7) is 18.7. The Labute approximate surface area is 390 Å². The van der Waals surface area contributed by atoms with Crippen molar-refractivity contribution in [3.63, 3.8) is 0 Å². The molecule has 0 aliphatic carbocycles. The average Bonchev–Trinajstić information content (AvgIpc) is 3.74. The Morgan fingerprint density at radius 3 is 2.15 bits per heavy atom. The monoisotopic (exact) mass is 954 g/mol. The van der Waals surface area contributed by atoms with E-state index in [1.807, 2.05) is 42.5 Å². The van der Waals surface area contributed by atoms with Crippen molar-refractivity contribution in [2.45, 2.75) is 121 Å². The largest absolute Gasteiger partial charge is 0.405 e. The molecule has 15 nitrogen and oxygen atoms in total. The summed E-state index contributed by atoms with van der Waals surface area (Å²) in [5.74, 6) is -1.73. The summed E-state index contributed by atoms with van der Waals surface area (Å²) in [4.78, 5) is 32.0. The van der Waals surface area contributed by atoms with Crippen LogP contribution in [-0.2, 0) is 27.3 Å². The molecule has 0 saturated carbocycles. The highest BCUT2D eigenvalue weighted by Crippen LogP contribution is 2.51. The Morgan fingerprint density at radius 2 is 1.52 bits per heavy atom. The maximum Gasteiger partial charge on any atom is 0.374 e. The number of carbonyl (C=O) groups is 1. The van der Waals surface area contributed by atoms with Crippen LogP contribution in [0, 0.1) is 0 Å². The Morgan fingerprint density at radius 1 is 0.879 bits per heavy atom. The van der Waals surface area contributed by atoms with Gasteiger partial charge in [-0.2, -0.15) is 0 Å². The van der Waals surface area contributed by atoms with Crippen LogP contribution >= 0.6 is 8.25 Å². The van der Waals surface area contributed by atoms with Crippen molar-refractivity contribution in [3.05, 3.63) is 109 Å². The zero-order chi connectivity index (χ0) is 47.0. The third-order valence-electron chi connectivity index (χ3n) is 13.8. The second-order valence-corrected chi connectivity index (χ2v) is 30.1. The van der Waals surface area contributed by atoms with Crippen LogP contribution in [0.3, 0.4) is 0 Å². The van der Waals surface area contributed by atoms with Gasteiger partial charge in [0, 0.05) is 18.4 Å². The Kier molecular flexibility index (Phi) is 13.9. The highest BCUT2D eigenvalue weighted by atomic mass is 31.1. The van der Waals surface area contributed by atoms with E-state index in [0.717, 1.165) is 48.3 Å². The fourth-order valence-corrected chi connectivity index (χ4v) is 16.3. The van der Waals surface area contributed by atoms with E-state index < -0.39 is 54.2 Å². The molecule has 66 heavy (non-hydrogen) atoms. The first-order chi connectivity index (χ1) is 31.4. The lowest BCUT2D eigenvalue weighted by molar-refractivity contribution is -1.01. The van der Waals surface area contributed by atoms with Crippen LogP contribution in [0.5, 0.6) is 0 Å². The van der Waals surface area contributed by atoms with Crippen molar-refractivity contribution in [3.8, 4) is 0 Å². The van der Waals surface area contributed by atoms with Gasteiger partial charge in [-0.3, -0.25) is 18.5 Å². The molecule has 18 heteroatoms. The van der Waals surface area contributed by atoms with Gasteiger partial charge in [-0.05, 0) is 64.9 Å². The van der Waals surface area contributed by atoms with Crippen LogP contribution in [0.2, 0.25) is 23.2 Å². The molecule has 2 fully saturated rings. The van der Waals surface area contributed by atoms with E-state index in [0.29, 0.717) is 36.4 Å². The van der Waals surface area contributed by atoms with Crippen molar-refractivity contribution in [1.82, 2.24) is 19.5 Å². The van der Waals surface area contributed by atoms with Crippen LogP contribution in [-0.4, -0.2) is 102 Å². The fourth-order valence-electron chi connectivity index (χ4n) is 9.30. The summed E-state index contributed by atoms with van der Waals surface area (Å²) in [7, 11) is -9.62. The number of aliphatic hydroxyl groups is 1. The van der Waals surface area contributed by atoms with E-state index >= 15 is 0 Å². The average molecular weight is 955 g/mol. The van der Waals surface area contributed by atoms with Gasteiger partial charge in [0.05, 0.1) is 19.5 Å². The van der Waals surface area contributed by atoms with Crippen LogP contribution in [0.4, 0.5) is 5.82 Å². The number of hydrogen-bond acceptors (Lipinski definition) is 12. The lowest BCUT2D eigenvalue weighted by Crippen LogP contribution is -2.67. The number of fused-ring (bicyclic) bond motifs is 2. The van der Waals surface area contributed by atoms with E-state index in [1.54, 1.807) is 28.8 Å². The molecule has 0 bridgehead atoms. The molecule has 5 aromatic rings. The number of carbonyl (C=O) groups excluding carboxylic acids is 1. The molecule has 3 aliphatic rings. The lowest BCUT2D eigenvalue weighted by Gasteiger charge is -2.45. The van der Waals surface area contributed by atoms with Crippen LogP contribution < -0.4 is 15.7 Å². The molecule has 352 valence electrons. The van der Waals surface area contributed by atoms with Crippen LogP contribution in [0.1, 0.15) is 90.2 Å². The second-order valence-electron chi connectivity index (χ2n) is 20.1. The highest BCUT2D eigenvalue weighted by Gasteiger charge is 2.64. The molecule has 0 radical (unpaired) electrons. The van der Waals surface area contributed by atoms with Gasteiger partial charge in [0.25, 0.3) is 14.2 Å². The molecule has 2 saturated heterocycles. The molecule has 2 N–H and O–H groups in total. The third-order valence-corrected chi connectivity index (χ3v) is 24.2. The number of amides is 1. The van der Waals surface area contributed by atoms with Crippen molar-refractivity contribution in [2.75, 3.05) is 31.6 Å². The summed E-state index contributed by atoms with van der Waals surface area (Å²) < 4.78 is 51.5. The van der Waals surface area contributed by atoms with Crippen LogP contribution in [0.25, 0.3) is 11.2 Å². The molecular formula is C48H65N7O8PSi2+. The number of nitrogens with one attached hydrogen (secondary N) is 1. The Bertz CT molecular complexity index is 2500. The summed E-state index contributed by atoms with van der Waals surface area (Å²) in [5, 5.41) is 17.8. The minimum atomic E-state index is -3.54. The molecule has 0 spiro atoms. The van der Waals surface area contributed by atoms with Gasteiger partial charge in [-0.25, -0.2) is 19.9 Å². The number of amidine groups is 1. The zero-order valence-electron chi connectivity index (χ0n) is 39.4. The molecule has 6 atom stereocenters. The second kappa shape index (κ2) is 19.0. The maximum absolute atomic E-state index is 14.9. The molecular weight excluding hydrogens is 890 g/mol. The number of benzene rings is 3. The molecule has 3 aromatic carbocycles. The predicted molar refractivity (Wildman–Crippen MR) is 261 cm³/mol. The van der Waals surface area contributed by atoms with Gasteiger partial charge in [0.2, 0.25) is 11.6 Å². The highest BCUT2D eigenvalue weighted by molar-refractivity contribution is 7.33. The summed E-state index contributed by atoms with van der Waals surface area (Å²) in [6, 6.07) is 29.2. The number of anilines is 1. The number of hydroxylamine groups is 3. The molecule has 3 aliphatic heterocycles. The van der Waals surface area contributed by atoms with E-state index in [2.05, 4.69) is 94.2 Å². The van der Waals surface area contributed by atoms with Crippen molar-refractivity contribution in [2.24, 2.45) is 4.99 Å². The molecule has 4 unspecified atom stereocenters. The number of imidazole rings is 1. The fraction of sp³-hybridized carbons (Fsp3) is 0.479. The minimum Gasteiger partial charge on any atom is -0.405 e. The topological polar surface area (TPSA) is 169 Å². The van der Waals surface area contributed by atoms with Crippen molar-refractivity contribution < 1.29 is 41.8 Å². The summed E-state index contributed by atoms with van der Waals surface area (Å²) in [5.41, 5.74) is 1.04. The standard InChI is InChI=1S/C48H64N7O8PSi2/c1-46(2,3)65(7,8)61-41-45(54-34-52-40-42(50-33-51-43(40)54)53-44(56)35-22-13-9-14-23-35)60-38(48(41,57)62-64(58)63-55-30-20-12-19-28-39(55)49-29-21-31-55)32-59-66(47(4,5)6,36-24-15-10-16-25-36)37-26-17-11-18-27-37/h9-11,13-18,22-27,33-34,38,41,45,57,64H,12,19-21,28-32H2,1-8H3/p+1/t38-,41?,45-,48?,55?/m1/s1. The quantitative estimate of drug-likeness (QED) is 0.0477. The number of nitrogens with zero attached hydrogens (tertiary/aromatic N) is 6. The van der Waals surface area contributed by atoms with E-state index in [9.17, 15) is 14.5 Å². The number of aliphatic imine (C=N–C) groups is 1. The molecule has 1 amide bonds. The number of hydrogen-bond donors (Lipinski definition) is 2. The first-order valence-corrected chi connectivity index (χ1v) is 29.1. The molecule has 8 rings (SSSR count). The third kappa shape index (κ3) is 9.31. The number of quaternary nitrogens is 1. The van der Waals surface area contributed by atoms with E-state index in [4.69, 9.17) is 32.7 Å². The predicted octanol–water partition coefficient (Wildman–Crippen LogP) is 8.16. The number of aromatic nitrogens is 4. The Balaban J connectivity index is 1.25. The normalized spacial score (nSPS) is 24.6. The van der Waals surface area contributed by atoms with Crippen molar-refractivity contribution in [1.29, 1.82) is 0 Å². The summed E-state index contributed by atoms with van der Waals surface area (Å²) in [6.07, 6.45) is 3.47. The summed E-state index contributed by atoms with van der Waals surface area (Å²) >= 11 is 0. The zero-order valence-corrected chi connectivity index (χ0v) is 42.4. The van der Waals surface area contributed by atoms with Gasteiger partial charge in [-0.1, -0.05) is 120 Å². The number of rotatable bonds is 14. The first kappa shape index (κ1) is 48.2.